The monoisotopic (exact) mass is 1220 g/mol. The summed E-state index contributed by atoms with van der Waals surface area (Å²) in [6.07, 6.45) is 14.3. The molecule has 0 atom stereocenters. The number of hydrogen-bond donors (Lipinski definition) is 0. The first-order valence-electron chi connectivity index (χ1n) is 29.9. The number of rotatable bonds is 33. The molecule has 2 saturated carbocycles. The van der Waals surface area contributed by atoms with Crippen molar-refractivity contribution in [1.82, 2.24) is 4.98 Å². The highest BCUT2D eigenvalue weighted by Crippen LogP contribution is 2.36. The number of unbranched alkanes of at least 4 members (excludes halogenated alkanes) is 6. The van der Waals surface area contributed by atoms with Crippen LogP contribution in [-0.4, -0.2) is 85.7 Å². The molecule has 2 aliphatic carbocycles. The van der Waals surface area contributed by atoms with Gasteiger partial charge >= 0.3 is 35.8 Å². The quantitative estimate of drug-likeness (QED) is 0.00714. The Balaban J connectivity index is 0.849. The lowest BCUT2D eigenvalue weighted by Crippen LogP contribution is -2.30. The lowest BCUT2D eigenvalue weighted by Gasteiger charge is -2.26. The van der Waals surface area contributed by atoms with Gasteiger partial charge in [0.2, 0.25) is 5.13 Å². The molecule has 0 radical (unpaired) electrons. The van der Waals surface area contributed by atoms with Crippen molar-refractivity contribution in [2.75, 3.05) is 43.7 Å². The lowest BCUT2D eigenvalue weighted by molar-refractivity contribution is -0.145. The number of carbonyl (C=O) groups is 6. The van der Waals surface area contributed by atoms with Gasteiger partial charge in [0, 0.05) is 28.4 Å². The van der Waals surface area contributed by atoms with Gasteiger partial charge in [-0.1, -0.05) is 54.8 Å². The third kappa shape index (κ3) is 21.3. The van der Waals surface area contributed by atoms with E-state index in [9.17, 15) is 28.8 Å². The van der Waals surface area contributed by atoms with Crippen molar-refractivity contribution in [2.24, 2.45) is 28.8 Å². The fourth-order valence-electron chi connectivity index (χ4n) is 9.94. The van der Waals surface area contributed by atoms with Crippen molar-refractivity contribution in [3.05, 3.63) is 152 Å². The van der Waals surface area contributed by atoms with Crippen molar-refractivity contribution < 1.29 is 66.7 Å². The van der Waals surface area contributed by atoms with E-state index in [1.54, 1.807) is 84.7 Å². The highest BCUT2D eigenvalue weighted by molar-refractivity contribution is 7.99. The van der Waals surface area contributed by atoms with Gasteiger partial charge in [0.1, 0.15) is 34.5 Å². The number of carbonyl (C=O) groups excluding carboxylic acids is 6. The van der Waals surface area contributed by atoms with Crippen LogP contribution in [0.3, 0.4) is 0 Å². The Morgan fingerprint density at radius 3 is 1.45 bits per heavy atom. The SMILES string of the molecule is C=CC(=O)OCCCCCCOc1ccc(OC(=O)C2CCC(C(=O)Oc3ccc(OC(=O)C4CCC(C(=O)Oc5ccc(OCCCCCCOC(=O)C=C)cc5)CC4)c(C=NN(CCSc4ccccc4)c4nc5ccccc5s4)c3)CC2)cc1. The Labute approximate surface area is 516 Å². The van der Waals surface area contributed by atoms with E-state index in [0.29, 0.717) is 124 Å². The maximum absolute atomic E-state index is 14.0. The molecule has 0 saturated heterocycles. The fourth-order valence-corrected chi connectivity index (χ4v) is 11.7. The minimum Gasteiger partial charge on any atom is -0.494 e. The summed E-state index contributed by atoms with van der Waals surface area (Å²) in [5, 5.41) is 7.45. The molecule has 5 aromatic carbocycles. The minimum atomic E-state index is -0.480. The molecule has 17 nitrogen and oxygen atoms in total. The second kappa shape index (κ2) is 34.8. The van der Waals surface area contributed by atoms with Gasteiger partial charge in [-0.05, 0) is 194 Å². The van der Waals surface area contributed by atoms with Gasteiger partial charge in [-0.15, -0.1) is 11.8 Å². The Hall–Kier alpha value is -8.29. The first-order chi connectivity index (χ1) is 42.5. The van der Waals surface area contributed by atoms with Crippen LogP contribution in [0, 0.1) is 23.7 Å². The second-order valence-electron chi connectivity index (χ2n) is 21.2. The highest BCUT2D eigenvalue weighted by Gasteiger charge is 2.34. The Morgan fingerprint density at radius 2 is 0.954 bits per heavy atom. The zero-order chi connectivity index (χ0) is 61.0. The van der Waals surface area contributed by atoms with Crippen molar-refractivity contribution in [3.8, 4) is 34.5 Å². The van der Waals surface area contributed by atoms with Crippen molar-refractivity contribution in [2.45, 2.75) is 108 Å². The number of ether oxygens (including phenoxy) is 8. The van der Waals surface area contributed by atoms with E-state index < -0.39 is 41.6 Å². The lowest BCUT2D eigenvalue weighted by atomic mass is 9.82. The summed E-state index contributed by atoms with van der Waals surface area (Å²) in [6, 6.07) is 36.7. The van der Waals surface area contributed by atoms with E-state index in [4.69, 9.17) is 48.0 Å². The molecule has 0 aliphatic heterocycles. The molecule has 458 valence electrons. The predicted molar refractivity (Wildman–Crippen MR) is 335 cm³/mol. The van der Waals surface area contributed by atoms with Crippen LogP contribution in [-0.2, 0) is 38.2 Å². The standard InChI is InChI=1S/C68H75N3O14S2/c1-3-62(72)80-43-16-7-5-14-41-78-53-30-34-55(35-31-53)82-64(74)48-22-24-50(25-23-48)66(76)84-57-38-39-60(52(46-57)47-69-71(40-45-86-58-18-10-9-11-19-58)68-70-59-20-12-13-21-61(59)87-68)85-67(77)51-28-26-49(27-29-51)65(75)83-56-36-32-54(33-37-56)79-42-15-6-8-17-44-81-63(73)4-2/h3-4,9-13,18-21,30-39,46-51H,1-2,5-8,14-17,22-29,40-45H2. The largest absolute Gasteiger partial charge is 0.494 e. The Kier molecular flexibility index (Phi) is 25.8. The number of esters is 6. The number of fused-ring (bicyclic) bond motifs is 1. The normalized spacial score (nSPS) is 16.5. The number of nitrogens with zero attached hydrogens (tertiary/aromatic N) is 3. The van der Waals surface area contributed by atoms with E-state index in [1.807, 2.05) is 47.5 Å². The van der Waals surface area contributed by atoms with Crippen LogP contribution >= 0.6 is 23.1 Å². The maximum Gasteiger partial charge on any atom is 0.330 e. The zero-order valence-corrected chi connectivity index (χ0v) is 50.6. The summed E-state index contributed by atoms with van der Waals surface area (Å²) < 4.78 is 46.4. The maximum atomic E-state index is 14.0. The number of hydrazone groups is 1. The number of thiazole rings is 1. The molecule has 0 N–H and O–H groups in total. The van der Waals surface area contributed by atoms with Gasteiger partial charge in [-0.25, -0.2) is 19.6 Å². The van der Waals surface area contributed by atoms with E-state index in [2.05, 4.69) is 25.3 Å². The zero-order valence-electron chi connectivity index (χ0n) is 48.9. The first-order valence-corrected chi connectivity index (χ1v) is 31.7. The van der Waals surface area contributed by atoms with Crippen LogP contribution in [0.15, 0.2) is 157 Å². The van der Waals surface area contributed by atoms with Crippen LogP contribution in [0.5, 0.6) is 34.5 Å². The van der Waals surface area contributed by atoms with Crippen LogP contribution < -0.4 is 33.4 Å². The molecule has 8 rings (SSSR count). The number of aromatic nitrogens is 1. The highest BCUT2D eigenvalue weighted by atomic mass is 32.2. The van der Waals surface area contributed by atoms with Gasteiger partial charge in [-0.3, -0.25) is 19.2 Å². The van der Waals surface area contributed by atoms with Gasteiger partial charge < -0.3 is 37.9 Å². The Bertz CT molecular complexity index is 3210. The van der Waals surface area contributed by atoms with E-state index >= 15 is 0 Å². The predicted octanol–water partition coefficient (Wildman–Crippen LogP) is 13.9. The first kappa shape index (κ1) is 64.7. The summed E-state index contributed by atoms with van der Waals surface area (Å²) in [5.74, 6) is -0.873. The average molecular weight is 1220 g/mol. The molecular weight excluding hydrogens is 1150 g/mol. The van der Waals surface area contributed by atoms with Crippen molar-refractivity contribution in [1.29, 1.82) is 0 Å². The van der Waals surface area contributed by atoms with E-state index in [0.717, 1.165) is 78.6 Å². The van der Waals surface area contributed by atoms with Gasteiger partial charge in [0.25, 0.3) is 0 Å². The van der Waals surface area contributed by atoms with Crippen LogP contribution in [0.4, 0.5) is 5.13 Å². The molecule has 2 aliphatic rings. The smallest absolute Gasteiger partial charge is 0.330 e. The van der Waals surface area contributed by atoms with Gasteiger partial charge in [0.15, 0.2) is 0 Å². The van der Waals surface area contributed by atoms with Gasteiger partial charge in [-0.2, -0.15) is 5.10 Å². The Morgan fingerprint density at radius 1 is 0.517 bits per heavy atom. The van der Waals surface area contributed by atoms with Crippen LogP contribution in [0.2, 0.25) is 0 Å². The molecule has 87 heavy (non-hydrogen) atoms. The number of para-hydroxylation sites is 1. The average Bonchev–Trinajstić information content (AvgIpc) is 3.61. The molecule has 0 spiro atoms. The van der Waals surface area contributed by atoms with E-state index in [1.165, 1.54) is 11.3 Å². The van der Waals surface area contributed by atoms with E-state index in [-0.39, 0.29) is 29.4 Å². The minimum absolute atomic E-state index is 0.222. The molecule has 1 heterocycles. The molecule has 0 bridgehead atoms. The molecule has 1 aromatic heterocycles. The summed E-state index contributed by atoms with van der Waals surface area (Å²) >= 11 is 3.20. The van der Waals surface area contributed by atoms with Crippen molar-refractivity contribution in [3.63, 3.8) is 0 Å². The molecule has 0 amide bonds. The molecule has 0 unspecified atom stereocenters. The summed E-state index contributed by atoms with van der Waals surface area (Å²) in [4.78, 5) is 82.9. The summed E-state index contributed by atoms with van der Waals surface area (Å²) in [5.41, 5.74) is 1.24. The topological polar surface area (TPSA) is 205 Å². The molecule has 6 aromatic rings. The third-order valence-corrected chi connectivity index (χ3v) is 16.9. The van der Waals surface area contributed by atoms with Crippen molar-refractivity contribution >= 4 is 80.5 Å². The molecule has 19 heteroatoms. The molecule has 2 fully saturated rings. The van der Waals surface area contributed by atoms with Gasteiger partial charge in [0.05, 0.1) is 73.1 Å². The number of benzene rings is 5. The second-order valence-corrected chi connectivity index (χ2v) is 23.4. The van der Waals surface area contributed by atoms with Crippen LogP contribution in [0.25, 0.3) is 10.2 Å². The number of thioether (sulfide) groups is 1. The van der Waals surface area contributed by atoms with Crippen LogP contribution in [0.1, 0.15) is 108 Å². The third-order valence-electron chi connectivity index (χ3n) is 14.9. The summed E-state index contributed by atoms with van der Waals surface area (Å²) in [6.45, 7) is 9.07. The number of hydrogen-bond acceptors (Lipinski definition) is 19. The molecular formula is C68H75N3O14S2. The number of anilines is 1. The fraction of sp³-hybridized carbons (Fsp3) is 0.382. The summed E-state index contributed by atoms with van der Waals surface area (Å²) in [7, 11) is 0.